The van der Waals surface area contributed by atoms with E-state index in [4.69, 9.17) is 16.6 Å². The lowest BCUT2D eigenvalue weighted by Crippen LogP contribution is -2.54. The van der Waals surface area contributed by atoms with Crippen LogP contribution >= 0.6 is 11.6 Å². The highest BCUT2D eigenvalue weighted by Crippen LogP contribution is 2.36. The van der Waals surface area contributed by atoms with Crippen LogP contribution < -0.4 is 10.6 Å². The van der Waals surface area contributed by atoms with Crippen LogP contribution in [-0.2, 0) is 6.54 Å². The zero-order chi connectivity index (χ0) is 16.6. The Kier molecular flexibility index (Phi) is 3.94. The van der Waals surface area contributed by atoms with Gasteiger partial charge in [0.05, 0.1) is 17.9 Å². The fraction of sp³-hybridized carbons (Fsp3) is 0.316. The summed E-state index contributed by atoms with van der Waals surface area (Å²) in [5.41, 5.74) is 3.22. The number of nitrogens with one attached hydrogen (secondary N) is 2. The molecule has 4 rings (SSSR count). The third-order valence-electron chi connectivity index (χ3n) is 4.78. The topological polar surface area (TPSA) is 39.7 Å². The van der Waals surface area contributed by atoms with E-state index >= 15 is 0 Å². The van der Waals surface area contributed by atoms with Gasteiger partial charge in [-0.15, -0.1) is 0 Å². The molecule has 2 aliphatic rings. The van der Waals surface area contributed by atoms with E-state index in [0.717, 1.165) is 47.3 Å². The Morgan fingerprint density at radius 3 is 2.75 bits per heavy atom. The van der Waals surface area contributed by atoms with E-state index in [1.54, 1.807) is 0 Å². The average Bonchev–Trinajstić information content (AvgIpc) is 2.94. The summed E-state index contributed by atoms with van der Waals surface area (Å²) in [4.78, 5) is 7.27. The van der Waals surface area contributed by atoms with Gasteiger partial charge < -0.3 is 15.5 Å². The molecule has 2 aliphatic heterocycles. The van der Waals surface area contributed by atoms with Gasteiger partial charge in [-0.3, -0.25) is 4.99 Å². The number of anilines is 2. The van der Waals surface area contributed by atoms with Gasteiger partial charge in [-0.25, -0.2) is 0 Å². The van der Waals surface area contributed by atoms with Gasteiger partial charge in [0.1, 0.15) is 11.4 Å². The maximum atomic E-state index is 6.09. The molecule has 5 heteroatoms. The number of nitrogens with zero attached hydrogens (tertiary/aromatic N) is 2. The predicted molar refractivity (Wildman–Crippen MR) is 101 cm³/mol. The van der Waals surface area contributed by atoms with Crippen LogP contribution in [0.3, 0.4) is 0 Å². The van der Waals surface area contributed by atoms with Crippen LogP contribution in [-0.4, -0.2) is 36.4 Å². The monoisotopic (exact) mass is 340 g/mol. The summed E-state index contributed by atoms with van der Waals surface area (Å²) in [6, 6.07) is 16.2. The van der Waals surface area contributed by atoms with Crippen LogP contribution in [0.4, 0.5) is 11.4 Å². The summed E-state index contributed by atoms with van der Waals surface area (Å²) >= 11 is 6.09. The van der Waals surface area contributed by atoms with Crippen molar-refractivity contribution in [3.63, 3.8) is 0 Å². The summed E-state index contributed by atoms with van der Waals surface area (Å²) in [5, 5.41) is 8.06. The van der Waals surface area contributed by atoms with Crippen LogP contribution in [0.1, 0.15) is 12.0 Å². The number of fused-ring (bicyclic) bond motifs is 1. The summed E-state index contributed by atoms with van der Waals surface area (Å²) in [6.45, 7) is 2.63. The Morgan fingerprint density at radius 1 is 1.17 bits per heavy atom. The number of hydrogen-bond acceptors (Lipinski definition) is 3. The number of rotatable bonds is 2. The van der Waals surface area contributed by atoms with Crippen molar-refractivity contribution in [3.8, 4) is 0 Å². The fourth-order valence-corrected chi connectivity index (χ4v) is 3.77. The van der Waals surface area contributed by atoms with Crippen LogP contribution in [0.15, 0.2) is 53.5 Å². The Morgan fingerprint density at radius 2 is 2.00 bits per heavy atom. The third kappa shape index (κ3) is 2.87. The first-order chi connectivity index (χ1) is 11.6. The molecule has 2 aromatic carbocycles. The van der Waals surface area contributed by atoms with E-state index in [0.29, 0.717) is 6.54 Å². The van der Waals surface area contributed by atoms with Gasteiger partial charge in [-0.2, -0.15) is 0 Å². The summed E-state index contributed by atoms with van der Waals surface area (Å²) in [7, 11) is 2.16. The number of halogens is 1. The molecule has 2 aromatic rings. The second kappa shape index (κ2) is 6.11. The van der Waals surface area contributed by atoms with Gasteiger partial charge in [-0.05, 0) is 43.3 Å². The van der Waals surface area contributed by atoms with Gasteiger partial charge in [0.15, 0.2) is 0 Å². The van der Waals surface area contributed by atoms with Gasteiger partial charge in [-0.1, -0.05) is 35.9 Å². The van der Waals surface area contributed by atoms with Crippen molar-refractivity contribution in [1.29, 1.82) is 0 Å². The van der Waals surface area contributed by atoms with Crippen molar-refractivity contribution in [3.05, 3.63) is 59.1 Å². The van der Waals surface area contributed by atoms with Crippen molar-refractivity contribution in [2.45, 2.75) is 18.5 Å². The summed E-state index contributed by atoms with van der Waals surface area (Å²) < 4.78 is 0. The number of para-hydroxylation sites is 2. The molecule has 1 fully saturated rings. The first-order valence-electron chi connectivity index (χ1n) is 8.27. The van der Waals surface area contributed by atoms with Crippen molar-refractivity contribution in [2.24, 2.45) is 4.99 Å². The molecule has 0 bridgehead atoms. The Bertz CT molecular complexity index is 788. The molecule has 1 unspecified atom stereocenters. The lowest BCUT2D eigenvalue weighted by Gasteiger charge is -2.38. The van der Waals surface area contributed by atoms with Crippen molar-refractivity contribution in [2.75, 3.05) is 30.8 Å². The smallest absolute Gasteiger partial charge is 0.128 e. The molecule has 24 heavy (non-hydrogen) atoms. The molecule has 0 amide bonds. The van der Waals surface area contributed by atoms with E-state index in [2.05, 4.69) is 46.8 Å². The quantitative estimate of drug-likeness (QED) is 0.872. The predicted octanol–water partition coefficient (Wildman–Crippen LogP) is 3.85. The Labute approximate surface area is 147 Å². The largest absolute Gasteiger partial charge is 0.370 e. The van der Waals surface area contributed by atoms with E-state index in [9.17, 15) is 0 Å². The first-order valence-corrected chi connectivity index (χ1v) is 8.65. The number of likely N-dealkylation sites (N-methyl/N-ethyl adjacent to an activating group) is 1. The minimum Gasteiger partial charge on any atom is -0.370 e. The highest BCUT2D eigenvalue weighted by atomic mass is 35.5. The Balaban J connectivity index is 1.67. The molecule has 0 radical (unpaired) electrons. The number of amidine groups is 1. The standard InChI is InChI=1S/C19H21ClN4/c1-24-10-9-19(13-24)18(21-12-14-5-4-6-15(20)11-14)22-16-7-2-3-8-17(16)23-19/h2-8,11,23H,9-10,12-13H2,1H3,(H,21,22). The van der Waals surface area contributed by atoms with E-state index < -0.39 is 0 Å². The molecule has 2 N–H and O–H groups in total. The molecular weight excluding hydrogens is 320 g/mol. The molecule has 0 saturated carbocycles. The zero-order valence-electron chi connectivity index (χ0n) is 13.7. The molecule has 124 valence electrons. The molecule has 1 saturated heterocycles. The fourth-order valence-electron chi connectivity index (χ4n) is 3.56. The molecule has 4 nitrogen and oxygen atoms in total. The highest BCUT2D eigenvalue weighted by molar-refractivity contribution is 6.30. The minimum atomic E-state index is -0.137. The van der Waals surface area contributed by atoms with Crippen LogP contribution in [0, 0.1) is 0 Å². The van der Waals surface area contributed by atoms with Crippen LogP contribution in [0.25, 0.3) is 0 Å². The maximum Gasteiger partial charge on any atom is 0.128 e. The molecule has 0 aliphatic carbocycles. The second-order valence-electron chi connectivity index (χ2n) is 6.66. The van der Waals surface area contributed by atoms with Crippen molar-refractivity contribution < 1.29 is 0 Å². The van der Waals surface area contributed by atoms with Crippen molar-refractivity contribution in [1.82, 2.24) is 4.90 Å². The number of hydrogen-bond donors (Lipinski definition) is 2. The van der Waals surface area contributed by atoms with E-state index in [-0.39, 0.29) is 5.54 Å². The second-order valence-corrected chi connectivity index (χ2v) is 7.10. The SMILES string of the molecule is CN1CCC2(C1)Nc1ccccc1NC2=NCc1cccc(Cl)c1. The highest BCUT2D eigenvalue weighted by Gasteiger charge is 2.44. The van der Waals surface area contributed by atoms with Gasteiger partial charge >= 0.3 is 0 Å². The lowest BCUT2D eigenvalue weighted by atomic mass is 9.93. The van der Waals surface area contributed by atoms with Gasteiger partial charge in [0, 0.05) is 18.1 Å². The number of likely N-dealkylation sites (tertiary alicyclic amines) is 1. The van der Waals surface area contributed by atoms with Gasteiger partial charge in [0.25, 0.3) is 0 Å². The molecule has 1 spiro atoms. The average molecular weight is 341 g/mol. The minimum absolute atomic E-state index is 0.137. The number of benzene rings is 2. The molecule has 2 heterocycles. The molecular formula is C19H21ClN4. The number of aliphatic imine (C=N–C) groups is 1. The van der Waals surface area contributed by atoms with Crippen molar-refractivity contribution >= 4 is 28.8 Å². The zero-order valence-corrected chi connectivity index (χ0v) is 14.5. The van der Waals surface area contributed by atoms with E-state index in [1.807, 2.05) is 24.3 Å². The van der Waals surface area contributed by atoms with Gasteiger partial charge in [0.2, 0.25) is 0 Å². The molecule has 1 atom stereocenters. The summed E-state index contributed by atoms with van der Waals surface area (Å²) in [6.07, 6.45) is 1.04. The Hall–Kier alpha value is -2.04. The van der Waals surface area contributed by atoms with Crippen LogP contribution in [0.2, 0.25) is 5.02 Å². The van der Waals surface area contributed by atoms with Crippen LogP contribution in [0.5, 0.6) is 0 Å². The molecule has 0 aromatic heterocycles. The maximum absolute atomic E-state index is 6.09. The lowest BCUT2D eigenvalue weighted by molar-refractivity contribution is 0.405. The van der Waals surface area contributed by atoms with E-state index in [1.165, 1.54) is 0 Å². The summed E-state index contributed by atoms with van der Waals surface area (Å²) in [5.74, 6) is 1.02. The normalized spacial score (nSPS) is 24.7. The third-order valence-corrected chi connectivity index (χ3v) is 5.01. The first kappa shape index (κ1) is 15.5.